The van der Waals surface area contributed by atoms with Crippen molar-refractivity contribution in [3.8, 4) is 0 Å². The Kier molecular flexibility index (Phi) is 3.16. The second-order valence-corrected chi connectivity index (χ2v) is 7.16. The maximum atomic E-state index is 12.8. The van der Waals surface area contributed by atoms with Gasteiger partial charge in [0.1, 0.15) is 5.69 Å². The Morgan fingerprint density at radius 3 is 2.13 bits per heavy atom. The number of carbonyl (C=O) groups excluding carboxylic acids is 2. The highest BCUT2D eigenvalue weighted by Crippen LogP contribution is 2.51. The quantitative estimate of drug-likeness (QED) is 0.343. The number of imide groups is 1. The maximum Gasteiger partial charge on any atom is 0.294 e. The van der Waals surface area contributed by atoms with Crippen molar-refractivity contribution >= 4 is 39.1 Å². The summed E-state index contributed by atoms with van der Waals surface area (Å²) in [6, 6.07) is 4.40. The molecule has 2 fully saturated rings. The zero-order chi connectivity index (χ0) is 16.3. The first-order valence-corrected chi connectivity index (χ1v) is 8.28. The molecule has 0 aromatic heterocycles. The van der Waals surface area contributed by atoms with Crippen LogP contribution in [-0.2, 0) is 9.59 Å². The molecular formula is C16H13BrN2O4. The summed E-state index contributed by atoms with van der Waals surface area (Å²) in [6.45, 7) is 0. The molecule has 118 valence electrons. The number of hydrogen-bond donors (Lipinski definition) is 0. The van der Waals surface area contributed by atoms with Crippen molar-refractivity contribution in [2.75, 3.05) is 4.90 Å². The predicted octanol–water partition coefficient (Wildman–Crippen LogP) is 3.06. The molecule has 0 radical (unpaired) electrons. The first kappa shape index (κ1) is 14.6. The smallest absolute Gasteiger partial charge is 0.274 e. The normalized spacial score (nSPS) is 31.6. The number of nitro groups is 1. The average molecular weight is 377 g/mol. The van der Waals surface area contributed by atoms with Gasteiger partial charge in [-0.3, -0.25) is 19.7 Å². The Labute approximate surface area is 140 Å². The maximum absolute atomic E-state index is 12.8. The lowest BCUT2D eigenvalue weighted by molar-refractivity contribution is -0.384. The van der Waals surface area contributed by atoms with Gasteiger partial charge in [0, 0.05) is 10.5 Å². The molecule has 0 N–H and O–H groups in total. The van der Waals surface area contributed by atoms with Crippen LogP contribution in [0.3, 0.4) is 0 Å². The molecule has 1 aliphatic heterocycles. The van der Waals surface area contributed by atoms with Crippen molar-refractivity contribution in [3.05, 3.63) is 44.9 Å². The summed E-state index contributed by atoms with van der Waals surface area (Å²) in [4.78, 5) is 37.5. The Bertz CT molecular complexity index is 743. The van der Waals surface area contributed by atoms with Crippen LogP contribution < -0.4 is 4.90 Å². The summed E-state index contributed by atoms with van der Waals surface area (Å²) in [7, 11) is 0. The van der Waals surface area contributed by atoms with Crippen molar-refractivity contribution in [1.82, 2.24) is 0 Å². The molecule has 0 unspecified atom stereocenters. The third-order valence-electron chi connectivity index (χ3n) is 5.13. The third-order valence-corrected chi connectivity index (χ3v) is 5.63. The monoisotopic (exact) mass is 376 g/mol. The number of halogens is 1. The molecule has 1 aromatic rings. The van der Waals surface area contributed by atoms with E-state index in [1.165, 1.54) is 12.1 Å². The number of benzene rings is 1. The third kappa shape index (κ3) is 1.99. The molecule has 1 aromatic carbocycles. The van der Waals surface area contributed by atoms with Crippen LogP contribution in [0.25, 0.3) is 0 Å². The van der Waals surface area contributed by atoms with E-state index in [0.717, 1.165) is 17.7 Å². The van der Waals surface area contributed by atoms with Gasteiger partial charge in [0.25, 0.3) is 5.69 Å². The van der Waals surface area contributed by atoms with E-state index >= 15 is 0 Å². The molecule has 23 heavy (non-hydrogen) atoms. The van der Waals surface area contributed by atoms with Gasteiger partial charge in [-0.1, -0.05) is 28.1 Å². The van der Waals surface area contributed by atoms with Crippen LogP contribution in [-0.4, -0.2) is 16.7 Å². The van der Waals surface area contributed by atoms with E-state index in [-0.39, 0.29) is 46.9 Å². The summed E-state index contributed by atoms with van der Waals surface area (Å²) >= 11 is 3.19. The number of rotatable bonds is 2. The molecule has 1 heterocycles. The number of carbonyl (C=O) groups is 2. The summed E-state index contributed by atoms with van der Waals surface area (Å²) < 4.78 is 0.534. The van der Waals surface area contributed by atoms with Gasteiger partial charge in [0.2, 0.25) is 11.8 Å². The lowest BCUT2D eigenvalue weighted by Crippen LogP contribution is -2.38. The molecule has 4 atom stereocenters. The molecule has 2 amide bonds. The topological polar surface area (TPSA) is 80.5 Å². The van der Waals surface area contributed by atoms with Crippen LogP contribution >= 0.6 is 15.9 Å². The fraction of sp³-hybridized carbons (Fsp3) is 0.375. The lowest BCUT2D eigenvalue weighted by Gasteiger charge is -2.38. The van der Waals surface area contributed by atoms with Crippen LogP contribution in [0.2, 0.25) is 0 Å². The number of fused-ring (bicyclic) bond motifs is 1. The number of allylic oxidation sites excluding steroid dienone is 2. The van der Waals surface area contributed by atoms with Crippen LogP contribution in [0.5, 0.6) is 0 Å². The van der Waals surface area contributed by atoms with E-state index in [1.54, 1.807) is 6.07 Å². The molecule has 0 spiro atoms. The standard InChI is InChI=1S/C16H13BrN2O4/c17-10-5-6-11(12(7-10)19(22)23)18-15(20)13-8-1-2-9(4-3-8)14(13)16(18)21/h1-2,5-9,13-14H,3-4H2/t8-,9-,13+,14+/m0/s1. The van der Waals surface area contributed by atoms with Gasteiger partial charge in [-0.15, -0.1) is 0 Å². The number of anilines is 1. The highest BCUT2D eigenvalue weighted by molar-refractivity contribution is 9.10. The minimum atomic E-state index is -0.560. The Balaban J connectivity index is 1.81. The molecule has 1 saturated carbocycles. The van der Waals surface area contributed by atoms with Crippen LogP contribution in [0.4, 0.5) is 11.4 Å². The zero-order valence-electron chi connectivity index (χ0n) is 12.0. The molecule has 7 heteroatoms. The van der Waals surface area contributed by atoms with Gasteiger partial charge >= 0.3 is 0 Å². The minimum Gasteiger partial charge on any atom is -0.274 e. The number of amides is 2. The van der Waals surface area contributed by atoms with Gasteiger partial charge in [0.15, 0.2) is 0 Å². The number of nitro benzene ring substituents is 1. The van der Waals surface area contributed by atoms with E-state index in [1.807, 2.05) is 12.2 Å². The van der Waals surface area contributed by atoms with E-state index in [4.69, 9.17) is 0 Å². The first-order chi connectivity index (χ1) is 11.0. The van der Waals surface area contributed by atoms with Gasteiger partial charge in [-0.05, 0) is 36.8 Å². The van der Waals surface area contributed by atoms with Crippen molar-refractivity contribution in [3.63, 3.8) is 0 Å². The first-order valence-electron chi connectivity index (χ1n) is 7.49. The summed E-state index contributed by atoms with van der Waals surface area (Å²) in [5, 5.41) is 11.3. The number of nitrogens with zero attached hydrogens (tertiary/aromatic N) is 2. The van der Waals surface area contributed by atoms with Crippen molar-refractivity contribution in [1.29, 1.82) is 0 Å². The Hall–Kier alpha value is -2.02. The van der Waals surface area contributed by atoms with E-state index < -0.39 is 4.92 Å². The molecular weight excluding hydrogens is 364 g/mol. The van der Waals surface area contributed by atoms with Gasteiger partial charge in [-0.2, -0.15) is 0 Å². The molecule has 1 saturated heterocycles. The molecule has 5 rings (SSSR count). The fourth-order valence-corrected chi connectivity index (χ4v) is 4.49. The Morgan fingerprint density at radius 1 is 1.09 bits per heavy atom. The lowest BCUT2D eigenvalue weighted by atomic mass is 9.63. The molecule has 6 nitrogen and oxygen atoms in total. The molecule has 4 aliphatic rings. The second-order valence-electron chi connectivity index (χ2n) is 6.24. The highest BCUT2D eigenvalue weighted by atomic mass is 79.9. The van der Waals surface area contributed by atoms with Gasteiger partial charge in [-0.25, -0.2) is 4.90 Å². The van der Waals surface area contributed by atoms with E-state index in [9.17, 15) is 19.7 Å². The molecule has 2 bridgehead atoms. The largest absolute Gasteiger partial charge is 0.294 e. The summed E-state index contributed by atoms with van der Waals surface area (Å²) in [5.41, 5.74) is -0.165. The Morgan fingerprint density at radius 2 is 1.65 bits per heavy atom. The summed E-state index contributed by atoms with van der Waals surface area (Å²) in [5.74, 6) is -1.19. The van der Waals surface area contributed by atoms with Crippen LogP contribution in [0.1, 0.15) is 12.8 Å². The predicted molar refractivity (Wildman–Crippen MR) is 85.6 cm³/mol. The molecule has 3 aliphatic carbocycles. The second kappa shape index (κ2) is 4.99. The average Bonchev–Trinajstić information content (AvgIpc) is 2.82. The van der Waals surface area contributed by atoms with Crippen molar-refractivity contribution in [2.45, 2.75) is 12.8 Å². The van der Waals surface area contributed by atoms with Gasteiger partial charge < -0.3 is 0 Å². The summed E-state index contributed by atoms with van der Waals surface area (Å²) in [6.07, 6.45) is 5.86. The van der Waals surface area contributed by atoms with Crippen LogP contribution in [0.15, 0.2) is 34.8 Å². The fourth-order valence-electron chi connectivity index (χ4n) is 4.14. The highest BCUT2D eigenvalue weighted by Gasteiger charge is 2.57. The van der Waals surface area contributed by atoms with E-state index in [0.29, 0.717) is 4.47 Å². The van der Waals surface area contributed by atoms with E-state index in [2.05, 4.69) is 15.9 Å². The van der Waals surface area contributed by atoms with Gasteiger partial charge in [0.05, 0.1) is 16.8 Å². The van der Waals surface area contributed by atoms with Crippen molar-refractivity contribution in [2.24, 2.45) is 23.7 Å². The van der Waals surface area contributed by atoms with Crippen LogP contribution in [0, 0.1) is 33.8 Å². The SMILES string of the molecule is O=C1[C@H]2[C@H](C(=O)N1c1ccc(Br)cc1[N+](=O)[O-])[C@H]1C=C[C@H]2CC1. The zero-order valence-corrected chi connectivity index (χ0v) is 13.6. The number of hydrogen-bond acceptors (Lipinski definition) is 4. The van der Waals surface area contributed by atoms with Crippen molar-refractivity contribution < 1.29 is 14.5 Å². The minimum absolute atomic E-state index is 0.0703.